The minimum atomic E-state index is -0.344. The first-order valence-corrected chi connectivity index (χ1v) is 14.3. The molecule has 0 aliphatic carbocycles. The minimum Gasteiger partial charge on any atom is -0.450 e. The molecule has 2 atom stereocenters. The van der Waals surface area contributed by atoms with Gasteiger partial charge in [-0.05, 0) is 62.5 Å². The minimum absolute atomic E-state index is 0.164. The van der Waals surface area contributed by atoms with Crippen LogP contribution in [0.1, 0.15) is 49.7 Å². The Balaban J connectivity index is 0.000000222. The van der Waals surface area contributed by atoms with Gasteiger partial charge in [0, 0.05) is 31.6 Å². The fraction of sp³-hybridized carbons (Fsp3) is 0.552. The van der Waals surface area contributed by atoms with E-state index < -0.39 is 0 Å². The molecule has 1 amide bonds. The Bertz CT molecular complexity index is 782. The summed E-state index contributed by atoms with van der Waals surface area (Å²) in [5, 5.41) is 3.84. The number of alkyl carbamates (subject to hydrolysis) is 1. The topological polar surface area (TPSA) is 82.8 Å². The molecule has 2 saturated heterocycles. The molecule has 3 N–H and O–H groups in total. The number of amides is 1. The summed E-state index contributed by atoms with van der Waals surface area (Å²) < 4.78 is 15.7. The fourth-order valence-electron chi connectivity index (χ4n) is 3.89. The maximum Gasteiger partial charge on any atom is 0.407 e. The molecular weight excluding hydrogens is 520 g/mol. The number of nitrogens with one attached hydrogen (secondary N) is 1. The summed E-state index contributed by atoms with van der Waals surface area (Å²) in [6.07, 6.45) is 8.85. The van der Waals surface area contributed by atoms with Crippen molar-refractivity contribution in [1.82, 2.24) is 5.32 Å². The van der Waals surface area contributed by atoms with E-state index in [1.54, 1.807) is 0 Å². The van der Waals surface area contributed by atoms with Crippen LogP contribution >= 0.6 is 15.9 Å². The fourth-order valence-corrected chi connectivity index (χ4v) is 4.17. The number of alkyl halides is 1. The Kier molecular flexibility index (Phi) is 17.0. The van der Waals surface area contributed by atoms with Crippen LogP contribution < -0.4 is 11.1 Å². The van der Waals surface area contributed by atoms with E-state index in [-0.39, 0.29) is 12.2 Å². The van der Waals surface area contributed by atoms with Crippen molar-refractivity contribution >= 4 is 22.0 Å². The van der Waals surface area contributed by atoms with Gasteiger partial charge in [-0.2, -0.15) is 0 Å². The van der Waals surface area contributed by atoms with E-state index in [2.05, 4.69) is 63.7 Å². The van der Waals surface area contributed by atoms with Gasteiger partial charge in [0.25, 0.3) is 0 Å². The van der Waals surface area contributed by atoms with Crippen LogP contribution in [0.5, 0.6) is 0 Å². The van der Waals surface area contributed by atoms with Crippen LogP contribution in [0.15, 0.2) is 60.7 Å². The maximum atomic E-state index is 11.4. The number of hydrogen-bond donors (Lipinski definition) is 2. The molecule has 2 aromatic rings. The van der Waals surface area contributed by atoms with Gasteiger partial charge in [0.15, 0.2) is 0 Å². The van der Waals surface area contributed by atoms with Crippen LogP contribution in [0.4, 0.5) is 4.79 Å². The largest absolute Gasteiger partial charge is 0.450 e. The first-order valence-electron chi connectivity index (χ1n) is 13.2. The normalized spacial score (nSPS) is 18.4. The first-order chi connectivity index (χ1) is 17.7. The Morgan fingerprint density at radius 2 is 1.44 bits per heavy atom. The highest BCUT2D eigenvalue weighted by atomic mass is 79.9. The number of carbonyl (C=O) groups excluding carboxylic acids is 1. The summed E-state index contributed by atoms with van der Waals surface area (Å²) in [7, 11) is 0. The zero-order chi connectivity index (χ0) is 25.7. The molecule has 0 radical (unpaired) electrons. The Hall–Kier alpha value is -1.93. The third-order valence-electron chi connectivity index (χ3n) is 5.91. The summed E-state index contributed by atoms with van der Waals surface area (Å²) in [4.78, 5) is 11.4. The van der Waals surface area contributed by atoms with E-state index in [4.69, 9.17) is 19.9 Å². The van der Waals surface area contributed by atoms with Gasteiger partial charge in [-0.25, -0.2) is 4.79 Å². The molecule has 2 aliphatic heterocycles. The van der Waals surface area contributed by atoms with Gasteiger partial charge >= 0.3 is 6.09 Å². The number of ether oxygens (including phenoxy) is 3. The first kappa shape index (κ1) is 30.3. The predicted octanol–water partition coefficient (Wildman–Crippen LogP) is 5.66. The lowest BCUT2D eigenvalue weighted by molar-refractivity contribution is 0.101. The SMILES string of the molecule is BrCCCc1ccccc1.NCC1CCCO1.O=C(NCC1CCCO1)OCCCc1ccccc1. The number of hydrogen-bond acceptors (Lipinski definition) is 5. The lowest BCUT2D eigenvalue weighted by Gasteiger charge is -2.11. The number of nitrogens with two attached hydrogens (primary N) is 1. The second-order valence-corrected chi connectivity index (χ2v) is 9.68. The van der Waals surface area contributed by atoms with Gasteiger partial charge in [-0.1, -0.05) is 76.6 Å². The molecule has 2 heterocycles. The number of rotatable bonds is 10. The van der Waals surface area contributed by atoms with Crippen molar-refractivity contribution in [2.75, 3.05) is 38.2 Å². The van der Waals surface area contributed by atoms with Crippen molar-refractivity contribution in [2.24, 2.45) is 5.73 Å². The van der Waals surface area contributed by atoms with Crippen molar-refractivity contribution < 1.29 is 19.0 Å². The van der Waals surface area contributed by atoms with E-state index in [1.165, 1.54) is 30.4 Å². The molecule has 2 fully saturated rings. The van der Waals surface area contributed by atoms with Crippen LogP contribution in [0, 0.1) is 0 Å². The summed E-state index contributed by atoms with van der Waals surface area (Å²) in [6.45, 7) is 3.42. The lowest BCUT2D eigenvalue weighted by atomic mass is 10.1. The summed E-state index contributed by atoms with van der Waals surface area (Å²) in [5.74, 6) is 0. The van der Waals surface area contributed by atoms with E-state index in [0.717, 1.165) is 50.6 Å². The second-order valence-electron chi connectivity index (χ2n) is 8.89. The molecule has 7 heteroatoms. The Morgan fingerprint density at radius 3 is 1.92 bits per heavy atom. The third kappa shape index (κ3) is 14.6. The average molecular weight is 564 g/mol. The van der Waals surface area contributed by atoms with Crippen LogP contribution in [0.2, 0.25) is 0 Å². The highest BCUT2D eigenvalue weighted by molar-refractivity contribution is 9.09. The van der Waals surface area contributed by atoms with E-state index >= 15 is 0 Å². The molecule has 2 unspecified atom stereocenters. The van der Waals surface area contributed by atoms with Gasteiger partial charge in [-0.15, -0.1) is 0 Å². The molecular formula is C29H43BrN2O4. The van der Waals surface area contributed by atoms with Crippen LogP contribution in [0.25, 0.3) is 0 Å². The van der Waals surface area contributed by atoms with Gasteiger partial charge in [0.2, 0.25) is 0 Å². The molecule has 36 heavy (non-hydrogen) atoms. The van der Waals surface area contributed by atoms with Crippen LogP contribution in [-0.2, 0) is 27.1 Å². The lowest BCUT2D eigenvalue weighted by Crippen LogP contribution is -2.32. The van der Waals surface area contributed by atoms with Crippen molar-refractivity contribution in [2.45, 2.75) is 63.6 Å². The maximum absolute atomic E-state index is 11.4. The Morgan fingerprint density at radius 1 is 0.889 bits per heavy atom. The molecule has 200 valence electrons. The quantitative estimate of drug-likeness (QED) is 0.288. The predicted molar refractivity (Wildman–Crippen MR) is 150 cm³/mol. The van der Waals surface area contributed by atoms with Crippen molar-refractivity contribution in [3.63, 3.8) is 0 Å². The van der Waals surface area contributed by atoms with Crippen molar-refractivity contribution in [3.8, 4) is 0 Å². The third-order valence-corrected chi connectivity index (χ3v) is 6.47. The van der Waals surface area contributed by atoms with E-state index in [9.17, 15) is 4.79 Å². The smallest absolute Gasteiger partial charge is 0.407 e. The average Bonchev–Trinajstić information content (AvgIpc) is 3.65. The molecule has 6 nitrogen and oxygen atoms in total. The van der Waals surface area contributed by atoms with Gasteiger partial charge in [0.05, 0.1) is 18.8 Å². The Labute approximate surface area is 225 Å². The summed E-state index contributed by atoms with van der Waals surface area (Å²) >= 11 is 3.41. The van der Waals surface area contributed by atoms with Crippen LogP contribution in [0.3, 0.4) is 0 Å². The number of benzene rings is 2. The molecule has 2 aliphatic rings. The summed E-state index contributed by atoms with van der Waals surface area (Å²) in [5.41, 5.74) is 8.01. The second kappa shape index (κ2) is 20.2. The highest BCUT2D eigenvalue weighted by Crippen LogP contribution is 2.11. The number of halogens is 1. The van der Waals surface area contributed by atoms with E-state index in [0.29, 0.717) is 25.8 Å². The molecule has 0 spiro atoms. The monoisotopic (exact) mass is 562 g/mol. The number of aryl methyl sites for hydroxylation is 2. The zero-order valence-electron chi connectivity index (χ0n) is 21.4. The molecule has 0 bridgehead atoms. The van der Waals surface area contributed by atoms with Gasteiger partial charge in [0.1, 0.15) is 0 Å². The molecule has 0 saturated carbocycles. The standard InChI is InChI=1S/C15H21NO3.C9H11Br.C5H11NO/c17-15(16-12-14-9-5-10-18-14)19-11-4-8-13-6-2-1-3-7-13;10-8-4-7-9-5-2-1-3-6-9;6-4-5-2-1-3-7-5/h1-3,6-7,14H,4-5,8-12H2,(H,16,17);1-3,5-6H,4,7-8H2;5H,1-4,6H2. The van der Waals surface area contributed by atoms with Crippen molar-refractivity contribution in [1.29, 1.82) is 0 Å². The van der Waals surface area contributed by atoms with Gasteiger partial charge < -0.3 is 25.3 Å². The molecule has 2 aromatic carbocycles. The molecule has 0 aromatic heterocycles. The highest BCUT2D eigenvalue weighted by Gasteiger charge is 2.16. The van der Waals surface area contributed by atoms with Crippen LogP contribution in [-0.4, -0.2) is 56.5 Å². The molecule has 4 rings (SSSR count). The van der Waals surface area contributed by atoms with E-state index in [1.807, 2.05) is 18.2 Å². The van der Waals surface area contributed by atoms with Gasteiger partial charge in [-0.3, -0.25) is 0 Å². The van der Waals surface area contributed by atoms with Crippen molar-refractivity contribution in [3.05, 3.63) is 71.8 Å². The zero-order valence-corrected chi connectivity index (χ0v) is 23.0. The summed E-state index contributed by atoms with van der Waals surface area (Å²) in [6, 6.07) is 20.8. The number of carbonyl (C=O) groups is 1.